The number of nitrogens with zero attached hydrogens (tertiary/aromatic N) is 3. The van der Waals surface area contributed by atoms with E-state index in [2.05, 4.69) is 20.4 Å². The third-order valence-corrected chi connectivity index (χ3v) is 3.19. The Labute approximate surface area is 126 Å². The van der Waals surface area contributed by atoms with Gasteiger partial charge in [-0.15, -0.1) is 0 Å². The number of nitrogens with one attached hydrogen (secondary N) is 1. The zero-order valence-electron chi connectivity index (χ0n) is 11.3. The summed E-state index contributed by atoms with van der Waals surface area (Å²) < 4.78 is 5.06. The zero-order valence-corrected chi connectivity index (χ0v) is 12.1. The average molecular weight is 299 g/mol. The van der Waals surface area contributed by atoms with E-state index in [1.807, 2.05) is 30.3 Å². The molecular weight excluding hydrogens is 286 g/mol. The van der Waals surface area contributed by atoms with Crippen molar-refractivity contribution in [3.63, 3.8) is 0 Å². The molecule has 7 heteroatoms. The zero-order chi connectivity index (χ0) is 14.8. The van der Waals surface area contributed by atoms with E-state index in [0.717, 1.165) is 10.9 Å². The van der Waals surface area contributed by atoms with E-state index in [0.29, 0.717) is 29.6 Å². The van der Waals surface area contributed by atoms with E-state index < -0.39 is 0 Å². The highest BCUT2D eigenvalue weighted by atomic mass is 32.1. The van der Waals surface area contributed by atoms with Gasteiger partial charge in [0.2, 0.25) is 5.89 Å². The number of rotatable bonds is 4. The summed E-state index contributed by atoms with van der Waals surface area (Å²) in [7, 11) is 0. The summed E-state index contributed by atoms with van der Waals surface area (Å²) in [6, 6.07) is 9.70. The van der Waals surface area contributed by atoms with Gasteiger partial charge >= 0.3 is 0 Å². The first-order valence-electron chi connectivity index (χ1n) is 6.36. The Morgan fingerprint density at radius 1 is 1.33 bits per heavy atom. The van der Waals surface area contributed by atoms with Crippen molar-refractivity contribution < 1.29 is 4.52 Å². The lowest BCUT2D eigenvalue weighted by Gasteiger charge is -2.10. The van der Waals surface area contributed by atoms with E-state index in [9.17, 15) is 0 Å². The van der Waals surface area contributed by atoms with Gasteiger partial charge < -0.3 is 15.6 Å². The van der Waals surface area contributed by atoms with Gasteiger partial charge in [-0.25, -0.2) is 4.98 Å². The minimum atomic E-state index is 0.289. The number of para-hydroxylation sites is 1. The monoisotopic (exact) mass is 299 g/mol. The molecule has 0 aliphatic carbocycles. The fraction of sp³-hybridized carbons (Fsp3) is 0.143. The van der Waals surface area contributed by atoms with Gasteiger partial charge in [0.15, 0.2) is 5.82 Å². The van der Waals surface area contributed by atoms with Crippen LogP contribution in [0.15, 0.2) is 34.9 Å². The van der Waals surface area contributed by atoms with E-state index in [1.54, 1.807) is 6.92 Å². The second kappa shape index (κ2) is 5.45. The number of anilines is 1. The molecule has 6 nitrogen and oxygen atoms in total. The predicted octanol–water partition coefficient (Wildman–Crippen LogP) is 2.17. The highest BCUT2D eigenvalue weighted by Gasteiger charge is 2.10. The summed E-state index contributed by atoms with van der Waals surface area (Å²) in [5.74, 6) is 1.68. The largest absolute Gasteiger partial charge is 0.389 e. The Morgan fingerprint density at radius 3 is 2.86 bits per heavy atom. The molecule has 3 aromatic rings. The lowest BCUT2D eigenvalue weighted by atomic mass is 10.1. The van der Waals surface area contributed by atoms with Gasteiger partial charge in [0.05, 0.1) is 17.6 Å². The number of fused-ring (bicyclic) bond motifs is 1. The fourth-order valence-corrected chi connectivity index (χ4v) is 2.17. The molecule has 1 aromatic carbocycles. The van der Waals surface area contributed by atoms with Crippen LogP contribution in [0.5, 0.6) is 0 Å². The van der Waals surface area contributed by atoms with Gasteiger partial charge in [-0.05, 0) is 19.1 Å². The van der Waals surface area contributed by atoms with Crippen LogP contribution in [0.2, 0.25) is 0 Å². The van der Waals surface area contributed by atoms with Crippen LogP contribution in [0.1, 0.15) is 17.3 Å². The minimum absolute atomic E-state index is 0.289. The number of pyridine rings is 1. The predicted molar refractivity (Wildman–Crippen MR) is 84.0 cm³/mol. The van der Waals surface area contributed by atoms with Crippen LogP contribution in [0.4, 0.5) is 5.82 Å². The maximum Gasteiger partial charge on any atom is 0.245 e. The Kier molecular flexibility index (Phi) is 3.49. The van der Waals surface area contributed by atoms with Crippen LogP contribution < -0.4 is 11.1 Å². The third-order valence-electron chi connectivity index (χ3n) is 2.97. The van der Waals surface area contributed by atoms with Crippen molar-refractivity contribution in [2.45, 2.75) is 13.5 Å². The van der Waals surface area contributed by atoms with Gasteiger partial charge in [-0.3, -0.25) is 0 Å². The molecule has 21 heavy (non-hydrogen) atoms. The first-order chi connectivity index (χ1) is 10.1. The maximum atomic E-state index is 5.78. The molecule has 0 saturated heterocycles. The highest BCUT2D eigenvalue weighted by Crippen LogP contribution is 2.21. The highest BCUT2D eigenvalue weighted by molar-refractivity contribution is 7.80. The van der Waals surface area contributed by atoms with Crippen LogP contribution in [0, 0.1) is 6.92 Å². The topological polar surface area (TPSA) is 89.9 Å². The summed E-state index contributed by atoms with van der Waals surface area (Å²) in [4.78, 5) is 8.97. The summed E-state index contributed by atoms with van der Waals surface area (Å²) >= 11 is 5.09. The maximum absolute atomic E-state index is 5.78. The first kappa shape index (κ1) is 13.4. The van der Waals surface area contributed by atoms with E-state index in [-0.39, 0.29) is 4.99 Å². The molecule has 0 aliphatic heterocycles. The molecule has 0 bridgehead atoms. The minimum Gasteiger partial charge on any atom is -0.389 e. The van der Waals surface area contributed by atoms with Crippen molar-refractivity contribution in [2.75, 3.05) is 5.32 Å². The molecule has 106 valence electrons. The standard InChI is InChI=1S/C14H13N5OS/c1-8-17-12(20-19-8)7-16-14-10(13(15)21)6-9-4-2-3-5-11(9)18-14/h2-6H,7H2,1H3,(H2,15,21)(H,16,18). The van der Waals surface area contributed by atoms with Crippen LogP contribution in [-0.4, -0.2) is 20.1 Å². The number of hydrogen-bond acceptors (Lipinski definition) is 6. The van der Waals surface area contributed by atoms with Gasteiger partial charge in [0, 0.05) is 5.39 Å². The Balaban J connectivity index is 1.95. The van der Waals surface area contributed by atoms with Crippen molar-refractivity contribution in [3.05, 3.63) is 47.6 Å². The average Bonchev–Trinajstić information content (AvgIpc) is 2.89. The van der Waals surface area contributed by atoms with Crippen LogP contribution in [0.3, 0.4) is 0 Å². The number of aromatic nitrogens is 3. The van der Waals surface area contributed by atoms with Gasteiger partial charge in [-0.2, -0.15) is 4.98 Å². The van der Waals surface area contributed by atoms with E-state index in [4.69, 9.17) is 22.5 Å². The molecule has 2 heterocycles. The van der Waals surface area contributed by atoms with Gasteiger partial charge in [-0.1, -0.05) is 35.6 Å². The molecular formula is C14H13N5OS. The van der Waals surface area contributed by atoms with Crippen LogP contribution >= 0.6 is 12.2 Å². The van der Waals surface area contributed by atoms with Crippen LogP contribution in [0.25, 0.3) is 10.9 Å². The fourth-order valence-electron chi connectivity index (χ4n) is 2.01. The normalized spacial score (nSPS) is 10.7. The number of aryl methyl sites for hydroxylation is 1. The summed E-state index contributed by atoms with van der Waals surface area (Å²) in [6.07, 6.45) is 0. The molecule has 0 atom stereocenters. The first-order valence-corrected chi connectivity index (χ1v) is 6.77. The quantitative estimate of drug-likeness (QED) is 0.713. The van der Waals surface area contributed by atoms with Crippen molar-refractivity contribution in [3.8, 4) is 0 Å². The SMILES string of the molecule is Cc1noc(CNc2nc3ccccc3cc2C(N)=S)n1. The molecule has 0 saturated carbocycles. The Bertz CT molecular complexity index is 814. The summed E-state index contributed by atoms with van der Waals surface area (Å²) in [5.41, 5.74) is 7.34. The molecule has 3 rings (SSSR count). The molecule has 0 unspecified atom stereocenters. The van der Waals surface area contributed by atoms with Crippen molar-refractivity contribution >= 4 is 33.9 Å². The lowest BCUT2D eigenvalue weighted by Crippen LogP contribution is -2.14. The smallest absolute Gasteiger partial charge is 0.245 e. The molecule has 0 amide bonds. The van der Waals surface area contributed by atoms with Gasteiger partial charge in [0.1, 0.15) is 10.8 Å². The van der Waals surface area contributed by atoms with Gasteiger partial charge in [0.25, 0.3) is 0 Å². The number of hydrogen-bond donors (Lipinski definition) is 2. The van der Waals surface area contributed by atoms with Crippen molar-refractivity contribution in [1.82, 2.24) is 15.1 Å². The number of nitrogens with two attached hydrogens (primary N) is 1. The van der Waals surface area contributed by atoms with Crippen LogP contribution in [-0.2, 0) is 6.54 Å². The van der Waals surface area contributed by atoms with Crippen molar-refractivity contribution in [1.29, 1.82) is 0 Å². The number of benzene rings is 1. The van der Waals surface area contributed by atoms with Crippen molar-refractivity contribution in [2.24, 2.45) is 5.73 Å². The van der Waals surface area contributed by atoms with E-state index in [1.165, 1.54) is 0 Å². The Hall–Kier alpha value is -2.54. The second-order valence-corrected chi connectivity index (χ2v) is 4.97. The third kappa shape index (κ3) is 2.82. The molecule has 2 aromatic heterocycles. The molecule has 0 fully saturated rings. The summed E-state index contributed by atoms with van der Waals surface area (Å²) in [6.45, 7) is 2.13. The molecule has 0 radical (unpaired) electrons. The molecule has 0 aliphatic rings. The summed E-state index contributed by atoms with van der Waals surface area (Å²) in [5, 5.41) is 7.87. The Morgan fingerprint density at radius 2 is 2.14 bits per heavy atom. The molecule has 3 N–H and O–H groups in total. The molecule has 0 spiro atoms. The lowest BCUT2D eigenvalue weighted by molar-refractivity contribution is 0.379. The number of thiocarbonyl (C=S) groups is 1. The van der Waals surface area contributed by atoms with E-state index >= 15 is 0 Å². The second-order valence-electron chi connectivity index (χ2n) is 4.53.